The molecule has 1 aliphatic rings. The Morgan fingerprint density at radius 2 is 1.88 bits per heavy atom. The van der Waals surface area contributed by atoms with E-state index in [2.05, 4.69) is 20.8 Å². The molecule has 1 amide bonds. The zero-order chi connectivity index (χ0) is 24.8. The third kappa shape index (κ3) is 8.18. The van der Waals surface area contributed by atoms with Gasteiger partial charge < -0.3 is 26.5 Å². The Bertz CT molecular complexity index is 871. The summed E-state index contributed by atoms with van der Waals surface area (Å²) < 4.78 is 0. The van der Waals surface area contributed by atoms with Gasteiger partial charge in [0.15, 0.2) is 5.78 Å². The zero-order valence-corrected chi connectivity index (χ0v) is 20.6. The molecule has 34 heavy (non-hydrogen) atoms. The number of aromatic hydroxyl groups is 1. The molecule has 1 aromatic rings. The first-order valence-electron chi connectivity index (χ1n) is 11.9. The van der Waals surface area contributed by atoms with Crippen molar-refractivity contribution in [1.29, 1.82) is 0 Å². The Balaban J connectivity index is 0. The fourth-order valence-corrected chi connectivity index (χ4v) is 4.98. The van der Waals surface area contributed by atoms with Gasteiger partial charge in [0.25, 0.3) is 0 Å². The zero-order valence-electron chi connectivity index (χ0n) is 20.6. The number of hydrogen-bond donors (Lipinski definition) is 4. The second-order valence-electron chi connectivity index (χ2n) is 10.6. The molecule has 2 rings (SSSR count). The highest BCUT2D eigenvalue weighted by atomic mass is 16.3. The molecular weight excluding hydrogens is 438 g/mol. The molecular formula is C26H45NO7. The number of phenolic OH excluding ortho intramolecular Hbond substituents is 1. The van der Waals surface area contributed by atoms with Crippen molar-refractivity contribution in [2.75, 3.05) is 13.2 Å². The van der Waals surface area contributed by atoms with Crippen LogP contribution in [0.5, 0.6) is 5.75 Å². The van der Waals surface area contributed by atoms with Gasteiger partial charge in [0.05, 0.1) is 18.6 Å². The van der Waals surface area contributed by atoms with E-state index < -0.39 is 30.6 Å². The Hall–Kier alpha value is -2.29. The highest BCUT2D eigenvalue weighted by Crippen LogP contribution is 2.38. The highest BCUT2D eigenvalue weighted by molar-refractivity contribution is 6.01. The molecule has 8 nitrogen and oxygen atoms in total. The summed E-state index contributed by atoms with van der Waals surface area (Å²) in [6.45, 7) is 5.93. The first-order valence-corrected chi connectivity index (χ1v) is 11.9. The smallest absolute Gasteiger partial charge is 0.224 e. The number of aliphatic hydroxyl groups is 2. The van der Waals surface area contributed by atoms with Gasteiger partial charge in [0, 0.05) is 21.8 Å². The van der Waals surface area contributed by atoms with Gasteiger partial charge in [-0.05, 0) is 66.9 Å². The summed E-state index contributed by atoms with van der Waals surface area (Å²) >= 11 is 0. The van der Waals surface area contributed by atoms with Crippen LogP contribution in [-0.4, -0.2) is 51.5 Å². The molecule has 7 N–H and O–H groups in total. The summed E-state index contributed by atoms with van der Waals surface area (Å²) in [5, 5.41) is 30.1. The lowest BCUT2D eigenvalue weighted by Crippen LogP contribution is -2.33. The monoisotopic (exact) mass is 483 g/mol. The van der Waals surface area contributed by atoms with Gasteiger partial charge in [-0.2, -0.15) is 0 Å². The average molecular weight is 484 g/mol. The van der Waals surface area contributed by atoms with Gasteiger partial charge in [-0.15, -0.1) is 0 Å². The Labute approximate surface area is 204 Å². The minimum atomic E-state index is -0.806. The largest absolute Gasteiger partial charge is 0.507 e. The van der Waals surface area contributed by atoms with Crippen molar-refractivity contribution >= 4 is 17.5 Å². The maximum absolute atomic E-state index is 13.0. The van der Waals surface area contributed by atoms with Crippen LogP contribution in [0, 0.1) is 23.2 Å². The van der Waals surface area contributed by atoms with Crippen molar-refractivity contribution in [3.8, 4) is 5.75 Å². The van der Waals surface area contributed by atoms with Crippen LogP contribution in [0.15, 0.2) is 12.1 Å². The number of fused-ring (bicyclic) bond motifs is 1. The highest BCUT2D eigenvalue weighted by Gasteiger charge is 2.34. The summed E-state index contributed by atoms with van der Waals surface area (Å²) in [7, 11) is 0. The molecule has 3 atom stereocenters. The fourth-order valence-electron chi connectivity index (χ4n) is 4.98. The van der Waals surface area contributed by atoms with E-state index in [0.29, 0.717) is 24.8 Å². The number of benzene rings is 1. The van der Waals surface area contributed by atoms with Crippen molar-refractivity contribution in [1.82, 2.24) is 0 Å². The summed E-state index contributed by atoms with van der Waals surface area (Å²) in [6, 6.07) is 3.80. The van der Waals surface area contributed by atoms with E-state index in [1.807, 2.05) is 12.1 Å². The Morgan fingerprint density at radius 3 is 2.44 bits per heavy atom. The molecule has 196 valence electrons. The number of aliphatic hydroxyl groups excluding tert-OH is 2. The van der Waals surface area contributed by atoms with Crippen molar-refractivity contribution in [3.63, 3.8) is 0 Å². The maximum atomic E-state index is 13.0. The standard InChI is InChI=1S/C26H39NO6.H2O.2H2/c1-26(2,3)9-4-5-17-6-7-19-12-16(13-22(31)24(19)25(17)33)11-18(8-10-28)20(15-29)21(30)14-23(27)32;;;/h6-7,16,18,20,28-29,33H,4-5,8-15H2,1-3H3,(H2,27,32);1H2;2*1H. The van der Waals surface area contributed by atoms with E-state index in [-0.39, 0.29) is 56.6 Å². The van der Waals surface area contributed by atoms with E-state index in [9.17, 15) is 29.7 Å². The van der Waals surface area contributed by atoms with Crippen LogP contribution < -0.4 is 5.73 Å². The van der Waals surface area contributed by atoms with Crippen molar-refractivity contribution in [2.45, 2.75) is 72.1 Å². The predicted octanol–water partition coefficient (Wildman–Crippen LogP) is 2.62. The third-order valence-electron chi connectivity index (χ3n) is 6.65. The van der Waals surface area contributed by atoms with Crippen LogP contribution in [0.1, 0.15) is 83.6 Å². The number of carbonyl (C=O) groups is 3. The van der Waals surface area contributed by atoms with Crippen LogP contribution in [0.25, 0.3) is 0 Å². The lowest BCUT2D eigenvalue weighted by molar-refractivity contribution is -0.131. The maximum Gasteiger partial charge on any atom is 0.224 e. The van der Waals surface area contributed by atoms with Crippen LogP contribution >= 0.6 is 0 Å². The number of aryl methyl sites for hydroxylation is 1. The minimum absolute atomic E-state index is 0. The number of carbonyl (C=O) groups excluding carboxylic acids is 3. The van der Waals surface area contributed by atoms with Crippen molar-refractivity contribution < 1.29 is 38.0 Å². The summed E-state index contributed by atoms with van der Waals surface area (Å²) in [4.78, 5) is 36.5. The molecule has 0 heterocycles. The van der Waals surface area contributed by atoms with Crippen molar-refractivity contribution in [3.05, 3.63) is 28.8 Å². The molecule has 0 bridgehead atoms. The number of hydrogen-bond acceptors (Lipinski definition) is 6. The molecule has 0 fully saturated rings. The summed E-state index contributed by atoms with van der Waals surface area (Å²) in [5.74, 6) is -2.48. The van der Waals surface area contributed by atoms with E-state index in [4.69, 9.17) is 5.73 Å². The van der Waals surface area contributed by atoms with Crippen molar-refractivity contribution in [2.24, 2.45) is 28.9 Å². The quantitative estimate of drug-likeness (QED) is 0.333. The number of phenols is 1. The van der Waals surface area contributed by atoms with E-state index >= 15 is 0 Å². The fraction of sp³-hybridized carbons (Fsp3) is 0.654. The second kappa shape index (κ2) is 13.0. The topological polar surface area (TPSA) is 169 Å². The van der Waals surface area contributed by atoms with Gasteiger partial charge >= 0.3 is 0 Å². The van der Waals surface area contributed by atoms with E-state index in [0.717, 1.165) is 24.0 Å². The SMILES string of the molecule is CC(C)(C)CCCc1ccc2c(c1O)C(=O)CC(CC(CCO)C(CO)C(=O)CC(N)=O)C2.O.[HH].[HH]. The molecule has 0 saturated heterocycles. The summed E-state index contributed by atoms with van der Waals surface area (Å²) in [5.41, 5.74) is 7.33. The molecule has 0 saturated carbocycles. The molecule has 1 aliphatic carbocycles. The first kappa shape index (κ1) is 29.7. The Kier molecular flexibility index (Phi) is 11.3. The number of Topliss-reactive ketones (excluding diaryl/α,β-unsaturated/α-hetero) is 2. The van der Waals surface area contributed by atoms with E-state index in [1.165, 1.54) is 0 Å². The van der Waals surface area contributed by atoms with Gasteiger partial charge in [0.1, 0.15) is 11.5 Å². The predicted molar refractivity (Wildman–Crippen MR) is 134 cm³/mol. The lowest BCUT2D eigenvalue weighted by atomic mass is 9.73. The third-order valence-corrected chi connectivity index (χ3v) is 6.65. The number of primary amides is 1. The number of rotatable bonds is 12. The minimum Gasteiger partial charge on any atom is -0.507 e. The normalized spacial score (nSPS) is 17.4. The lowest BCUT2D eigenvalue weighted by Gasteiger charge is -2.31. The molecule has 8 heteroatoms. The van der Waals surface area contributed by atoms with Gasteiger partial charge in [-0.25, -0.2) is 0 Å². The van der Waals surface area contributed by atoms with Gasteiger partial charge in [0.2, 0.25) is 5.91 Å². The number of ketones is 2. The molecule has 0 aliphatic heterocycles. The first-order chi connectivity index (χ1) is 15.5. The van der Waals surface area contributed by atoms with Crippen LogP contribution in [0.3, 0.4) is 0 Å². The molecule has 0 aromatic heterocycles. The number of amides is 1. The van der Waals surface area contributed by atoms with Gasteiger partial charge in [-0.3, -0.25) is 14.4 Å². The Morgan fingerprint density at radius 1 is 1.21 bits per heavy atom. The van der Waals surface area contributed by atoms with Gasteiger partial charge in [-0.1, -0.05) is 32.9 Å². The molecule has 0 radical (unpaired) electrons. The van der Waals surface area contributed by atoms with E-state index in [1.54, 1.807) is 0 Å². The number of nitrogens with two attached hydrogens (primary N) is 1. The van der Waals surface area contributed by atoms with Crippen LogP contribution in [0.2, 0.25) is 0 Å². The van der Waals surface area contributed by atoms with Crippen LogP contribution in [0.4, 0.5) is 0 Å². The van der Waals surface area contributed by atoms with Crippen LogP contribution in [-0.2, 0) is 22.4 Å². The average Bonchev–Trinajstić information content (AvgIpc) is 2.68. The molecule has 3 unspecified atom stereocenters. The molecule has 0 spiro atoms. The second-order valence-corrected chi connectivity index (χ2v) is 10.6. The molecule has 1 aromatic carbocycles. The summed E-state index contributed by atoms with van der Waals surface area (Å²) in [6.07, 6.45) is 3.75.